The van der Waals surface area contributed by atoms with Crippen LogP contribution in [0.3, 0.4) is 0 Å². The number of carboxylic acids is 1. The highest BCUT2D eigenvalue weighted by atomic mass is 32.2. The van der Waals surface area contributed by atoms with Gasteiger partial charge in [-0.3, -0.25) is 9.69 Å². The molecular formula is C19H14FNO3S2. The molecule has 3 rings (SSSR count). The maximum absolute atomic E-state index is 13.8. The first kappa shape index (κ1) is 18.3. The molecule has 0 aromatic heterocycles. The van der Waals surface area contributed by atoms with Crippen LogP contribution < -0.4 is 0 Å². The molecule has 0 aliphatic carbocycles. The van der Waals surface area contributed by atoms with E-state index in [0.29, 0.717) is 0 Å². The van der Waals surface area contributed by atoms with Crippen LogP contribution >= 0.6 is 24.0 Å². The highest BCUT2D eigenvalue weighted by molar-refractivity contribution is 8.26. The summed E-state index contributed by atoms with van der Waals surface area (Å²) >= 11 is 6.21. The number of hydrogen-bond acceptors (Lipinski definition) is 4. The van der Waals surface area contributed by atoms with Crippen molar-refractivity contribution in [3.63, 3.8) is 0 Å². The van der Waals surface area contributed by atoms with Gasteiger partial charge in [0.15, 0.2) is 0 Å². The van der Waals surface area contributed by atoms with Gasteiger partial charge in [0.1, 0.15) is 16.2 Å². The van der Waals surface area contributed by atoms with E-state index < -0.39 is 23.7 Å². The van der Waals surface area contributed by atoms with E-state index >= 15 is 0 Å². The van der Waals surface area contributed by atoms with Crippen molar-refractivity contribution < 1.29 is 19.1 Å². The number of carbonyl (C=O) groups excluding carboxylic acids is 1. The third-order valence-corrected chi connectivity index (χ3v) is 5.21. The second kappa shape index (κ2) is 7.80. The van der Waals surface area contributed by atoms with Crippen LogP contribution in [0.5, 0.6) is 0 Å². The fourth-order valence-electron chi connectivity index (χ4n) is 2.61. The van der Waals surface area contributed by atoms with Crippen LogP contribution in [0.15, 0.2) is 59.5 Å². The van der Waals surface area contributed by atoms with Gasteiger partial charge in [-0.1, -0.05) is 72.5 Å². The van der Waals surface area contributed by atoms with E-state index in [2.05, 4.69) is 0 Å². The van der Waals surface area contributed by atoms with E-state index in [-0.39, 0.29) is 21.2 Å². The molecule has 1 aliphatic rings. The van der Waals surface area contributed by atoms with Crippen molar-refractivity contribution in [2.75, 3.05) is 0 Å². The van der Waals surface area contributed by atoms with Crippen LogP contribution in [0, 0.1) is 5.82 Å². The molecule has 26 heavy (non-hydrogen) atoms. The van der Waals surface area contributed by atoms with Gasteiger partial charge in [-0.2, -0.15) is 0 Å². The molecule has 1 fully saturated rings. The summed E-state index contributed by atoms with van der Waals surface area (Å²) in [6.45, 7) is 0. The smallest absolute Gasteiger partial charge is 0.327 e. The first-order valence-electron chi connectivity index (χ1n) is 7.75. The number of thiocarbonyl (C=S) groups is 1. The number of carbonyl (C=O) groups is 2. The fourth-order valence-corrected chi connectivity index (χ4v) is 3.96. The molecule has 1 N–H and O–H groups in total. The number of halogens is 1. The number of rotatable bonds is 5. The standard InChI is InChI=1S/C19H14FNO3S2/c20-14-9-5-4-8-13(14)11-16-17(22)21(19(25)26-16)15(18(23)24)10-12-6-2-1-3-7-12/h1-9,11,15H,10H2,(H,23,24). The molecule has 1 atom stereocenters. The second-order valence-electron chi connectivity index (χ2n) is 5.62. The molecule has 4 nitrogen and oxygen atoms in total. The van der Waals surface area contributed by atoms with Crippen LogP contribution in [0.2, 0.25) is 0 Å². The minimum Gasteiger partial charge on any atom is -0.480 e. The van der Waals surface area contributed by atoms with E-state index in [9.17, 15) is 19.1 Å². The Bertz CT molecular complexity index is 899. The van der Waals surface area contributed by atoms with Crippen LogP contribution in [0.4, 0.5) is 4.39 Å². The molecule has 1 unspecified atom stereocenters. The lowest BCUT2D eigenvalue weighted by Gasteiger charge is -2.23. The number of hydrogen-bond donors (Lipinski definition) is 1. The van der Waals surface area contributed by atoms with Gasteiger partial charge in [0, 0.05) is 12.0 Å². The van der Waals surface area contributed by atoms with Crippen LogP contribution in [-0.4, -0.2) is 32.2 Å². The van der Waals surface area contributed by atoms with Gasteiger partial charge in [0.2, 0.25) is 0 Å². The average Bonchev–Trinajstić information content (AvgIpc) is 2.89. The molecule has 1 aliphatic heterocycles. The van der Waals surface area contributed by atoms with E-state index in [1.54, 1.807) is 42.5 Å². The number of amides is 1. The molecule has 132 valence electrons. The van der Waals surface area contributed by atoms with Crippen molar-refractivity contribution in [2.45, 2.75) is 12.5 Å². The summed E-state index contributed by atoms with van der Waals surface area (Å²) < 4.78 is 14.0. The van der Waals surface area contributed by atoms with Gasteiger partial charge < -0.3 is 5.11 Å². The van der Waals surface area contributed by atoms with Gasteiger partial charge >= 0.3 is 5.97 Å². The molecular weight excluding hydrogens is 373 g/mol. The monoisotopic (exact) mass is 387 g/mol. The summed E-state index contributed by atoms with van der Waals surface area (Å²) in [7, 11) is 0. The molecule has 1 heterocycles. The molecule has 7 heteroatoms. The van der Waals surface area contributed by atoms with E-state index in [1.165, 1.54) is 12.1 Å². The average molecular weight is 387 g/mol. The summed E-state index contributed by atoms with van der Waals surface area (Å²) in [5, 5.41) is 9.61. The first-order valence-corrected chi connectivity index (χ1v) is 8.98. The molecule has 0 bridgehead atoms. The number of thioether (sulfide) groups is 1. The lowest BCUT2D eigenvalue weighted by molar-refractivity contribution is -0.145. The van der Waals surface area contributed by atoms with Gasteiger partial charge in [0.05, 0.1) is 4.91 Å². The van der Waals surface area contributed by atoms with Gasteiger partial charge in [0.25, 0.3) is 5.91 Å². The quantitative estimate of drug-likeness (QED) is 0.626. The summed E-state index contributed by atoms with van der Waals surface area (Å²) in [5.41, 5.74) is 1.04. The van der Waals surface area contributed by atoms with Crippen molar-refractivity contribution >= 4 is 46.3 Å². The predicted molar refractivity (Wildman–Crippen MR) is 103 cm³/mol. The van der Waals surface area contributed by atoms with Crippen molar-refractivity contribution in [3.05, 3.63) is 76.4 Å². The number of aliphatic carboxylic acids is 1. The predicted octanol–water partition coefficient (Wildman–Crippen LogP) is 3.72. The Morgan fingerprint density at radius 1 is 1.19 bits per heavy atom. The Morgan fingerprint density at radius 2 is 1.85 bits per heavy atom. The summed E-state index contributed by atoms with van der Waals surface area (Å²) in [6.07, 6.45) is 1.53. The lowest BCUT2D eigenvalue weighted by atomic mass is 10.0. The van der Waals surface area contributed by atoms with Crippen molar-refractivity contribution in [3.8, 4) is 0 Å². The number of nitrogens with zero attached hydrogens (tertiary/aromatic N) is 1. The minimum atomic E-state index is -1.14. The second-order valence-corrected chi connectivity index (χ2v) is 7.29. The number of carboxylic acid groups (broad SMARTS) is 1. The third kappa shape index (κ3) is 3.84. The first-order chi connectivity index (χ1) is 12.5. The van der Waals surface area contributed by atoms with Crippen molar-refractivity contribution in [1.82, 2.24) is 4.90 Å². The molecule has 0 radical (unpaired) electrons. The summed E-state index contributed by atoms with van der Waals surface area (Å²) in [5.74, 6) is -2.12. The van der Waals surface area contributed by atoms with E-state index in [0.717, 1.165) is 22.2 Å². The Kier molecular flexibility index (Phi) is 5.49. The Hall–Kier alpha value is -2.51. The maximum Gasteiger partial charge on any atom is 0.327 e. The molecule has 2 aromatic rings. The molecule has 0 saturated carbocycles. The van der Waals surface area contributed by atoms with Crippen LogP contribution in [0.1, 0.15) is 11.1 Å². The van der Waals surface area contributed by atoms with E-state index in [1.807, 2.05) is 6.07 Å². The Morgan fingerprint density at radius 3 is 2.50 bits per heavy atom. The third-order valence-electron chi connectivity index (χ3n) is 3.88. The minimum absolute atomic E-state index is 0.135. The van der Waals surface area contributed by atoms with Crippen LogP contribution in [0.25, 0.3) is 6.08 Å². The van der Waals surface area contributed by atoms with E-state index in [4.69, 9.17) is 12.2 Å². The number of benzene rings is 2. The van der Waals surface area contributed by atoms with Gasteiger partial charge in [-0.05, 0) is 17.7 Å². The largest absolute Gasteiger partial charge is 0.480 e. The zero-order chi connectivity index (χ0) is 18.7. The molecule has 1 saturated heterocycles. The summed E-state index contributed by atoms with van der Waals surface area (Å²) in [6, 6.07) is 14.0. The Balaban J connectivity index is 1.89. The SMILES string of the molecule is O=C(O)C(Cc1ccccc1)N1C(=O)C(=Cc2ccccc2F)SC1=S. The molecule has 0 spiro atoms. The fraction of sp³-hybridized carbons (Fsp3) is 0.105. The zero-order valence-corrected chi connectivity index (χ0v) is 15.1. The van der Waals surface area contributed by atoms with Crippen LogP contribution in [-0.2, 0) is 16.0 Å². The molecule has 2 aromatic carbocycles. The van der Waals surface area contributed by atoms with Gasteiger partial charge in [-0.15, -0.1) is 0 Å². The topological polar surface area (TPSA) is 57.6 Å². The normalized spacial score (nSPS) is 17.0. The zero-order valence-electron chi connectivity index (χ0n) is 13.5. The van der Waals surface area contributed by atoms with Gasteiger partial charge in [-0.25, -0.2) is 9.18 Å². The summed E-state index contributed by atoms with van der Waals surface area (Å²) in [4.78, 5) is 25.8. The highest BCUT2D eigenvalue weighted by Crippen LogP contribution is 2.35. The maximum atomic E-state index is 13.8. The highest BCUT2D eigenvalue weighted by Gasteiger charge is 2.40. The lowest BCUT2D eigenvalue weighted by Crippen LogP contribution is -2.45. The molecule has 1 amide bonds. The Labute approximate surface area is 159 Å². The van der Waals surface area contributed by atoms with Crippen molar-refractivity contribution in [1.29, 1.82) is 0 Å². The van der Waals surface area contributed by atoms with Crippen molar-refractivity contribution in [2.24, 2.45) is 0 Å².